The highest BCUT2D eigenvalue weighted by molar-refractivity contribution is 7.93. The second-order valence-electron chi connectivity index (χ2n) is 4.92. The van der Waals surface area contributed by atoms with E-state index in [9.17, 15) is 8.42 Å². The molecule has 108 valence electrons. The highest BCUT2D eigenvalue weighted by Gasteiger charge is 2.27. The molecular weight excluding hydrogens is 260 g/mol. The molecule has 0 radical (unpaired) electrons. The molecule has 0 bridgehead atoms. The first kappa shape index (κ1) is 16.0. The lowest BCUT2D eigenvalue weighted by molar-refractivity contribution is 0.547. The van der Waals surface area contributed by atoms with Crippen LogP contribution in [0.3, 0.4) is 0 Å². The summed E-state index contributed by atoms with van der Waals surface area (Å²) in [7, 11) is -3.33. The van der Waals surface area contributed by atoms with Gasteiger partial charge in [0.25, 0.3) is 0 Å². The summed E-state index contributed by atoms with van der Waals surface area (Å²) in [5.41, 5.74) is 0.724. The molecule has 19 heavy (non-hydrogen) atoms. The van der Waals surface area contributed by atoms with Crippen LogP contribution in [-0.2, 0) is 10.0 Å². The van der Waals surface area contributed by atoms with Gasteiger partial charge in [0.2, 0.25) is 10.0 Å². The summed E-state index contributed by atoms with van der Waals surface area (Å²) < 4.78 is 26.6. The van der Waals surface area contributed by atoms with Crippen molar-refractivity contribution in [3.63, 3.8) is 0 Å². The standard InChI is InChI=1S/C14H24N2O2S/c1-5-16(14-9-7-6-8-10-14)19(17,18)13(4)11-15-12(2)3/h6-10,12-13,15H,5,11H2,1-4H3. The molecule has 1 aromatic rings. The molecule has 1 atom stereocenters. The van der Waals surface area contributed by atoms with Crippen molar-refractivity contribution in [1.82, 2.24) is 5.32 Å². The van der Waals surface area contributed by atoms with Gasteiger partial charge >= 0.3 is 0 Å². The Kier molecular flexibility index (Phi) is 5.82. The van der Waals surface area contributed by atoms with Gasteiger partial charge in [-0.15, -0.1) is 0 Å². The van der Waals surface area contributed by atoms with E-state index in [-0.39, 0.29) is 6.04 Å². The summed E-state index contributed by atoms with van der Waals surface area (Å²) in [5.74, 6) is 0. The van der Waals surface area contributed by atoms with Crippen molar-refractivity contribution in [3.8, 4) is 0 Å². The maximum Gasteiger partial charge on any atom is 0.239 e. The lowest BCUT2D eigenvalue weighted by atomic mass is 10.3. The summed E-state index contributed by atoms with van der Waals surface area (Å²) in [4.78, 5) is 0. The Labute approximate surface area is 116 Å². The van der Waals surface area contributed by atoms with Crippen molar-refractivity contribution in [1.29, 1.82) is 0 Å². The summed E-state index contributed by atoms with van der Waals surface area (Å²) in [6.45, 7) is 8.52. The van der Waals surface area contributed by atoms with Gasteiger partial charge in [0, 0.05) is 19.1 Å². The minimum atomic E-state index is -3.33. The summed E-state index contributed by atoms with van der Waals surface area (Å²) >= 11 is 0. The fraction of sp³-hybridized carbons (Fsp3) is 0.571. The molecule has 0 aromatic heterocycles. The van der Waals surface area contributed by atoms with Crippen LogP contribution in [0, 0.1) is 0 Å². The molecule has 0 amide bonds. The van der Waals surface area contributed by atoms with Gasteiger partial charge < -0.3 is 5.32 Å². The zero-order chi connectivity index (χ0) is 14.5. The highest BCUT2D eigenvalue weighted by atomic mass is 32.2. The molecule has 0 saturated heterocycles. The highest BCUT2D eigenvalue weighted by Crippen LogP contribution is 2.19. The normalized spacial score (nSPS) is 13.5. The second kappa shape index (κ2) is 6.91. The molecule has 1 rings (SSSR count). The van der Waals surface area contributed by atoms with Crippen molar-refractivity contribution in [2.75, 3.05) is 17.4 Å². The maximum atomic E-state index is 12.6. The molecule has 1 N–H and O–H groups in total. The average molecular weight is 284 g/mol. The van der Waals surface area contributed by atoms with Crippen molar-refractivity contribution in [2.45, 2.75) is 39.0 Å². The van der Waals surface area contributed by atoms with Crippen LogP contribution in [0.15, 0.2) is 30.3 Å². The zero-order valence-corrected chi connectivity index (χ0v) is 12.9. The second-order valence-corrected chi connectivity index (χ2v) is 7.19. The molecule has 0 saturated carbocycles. The van der Waals surface area contributed by atoms with Crippen LogP contribution in [-0.4, -0.2) is 32.8 Å². The first-order chi connectivity index (χ1) is 8.89. The fourth-order valence-electron chi connectivity index (χ4n) is 1.83. The number of benzene rings is 1. The molecule has 1 aromatic carbocycles. The number of hydrogen-bond donors (Lipinski definition) is 1. The Bertz CT molecular complexity index is 471. The third-order valence-corrected chi connectivity index (χ3v) is 5.23. The average Bonchev–Trinajstić information content (AvgIpc) is 2.37. The van der Waals surface area contributed by atoms with Crippen molar-refractivity contribution >= 4 is 15.7 Å². The van der Waals surface area contributed by atoms with E-state index in [1.165, 1.54) is 4.31 Å². The molecule has 0 fully saturated rings. The van der Waals surface area contributed by atoms with E-state index in [4.69, 9.17) is 0 Å². The van der Waals surface area contributed by atoms with Crippen LogP contribution in [0.5, 0.6) is 0 Å². The molecule has 0 spiro atoms. The van der Waals surface area contributed by atoms with E-state index in [0.717, 1.165) is 5.69 Å². The van der Waals surface area contributed by atoms with E-state index in [1.807, 2.05) is 51.1 Å². The summed E-state index contributed by atoms with van der Waals surface area (Å²) in [6, 6.07) is 9.51. The zero-order valence-electron chi connectivity index (χ0n) is 12.1. The van der Waals surface area contributed by atoms with Crippen molar-refractivity contribution in [2.24, 2.45) is 0 Å². The Morgan fingerprint density at radius 1 is 1.16 bits per heavy atom. The van der Waals surface area contributed by atoms with Crippen molar-refractivity contribution in [3.05, 3.63) is 30.3 Å². The molecule has 4 nitrogen and oxygen atoms in total. The van der Waals surface area contributed by atoms with E-state index in [2.05, 4.69) is 5.32 Å². The van der Waals surface area contributed by atoms with Gasteiger partial charge in [0.05, 0.1) is 10.9 Å². The van der Waals surface area contributed by atoms with Crippen LogP contribution in [0.1, 0.15) is 27.7 Å². The van der Waals surface area contributed by atoms with Gasteiger partial charge in [-0.1, -0.05) is 32.0 Å². The maximum absolute atomic E-state index is 12.6. The Balaban J connectivity index is 2.90. The topological polar surface area (TPSA) is 49.4 Å². The Morgan fingerprint density at radius 3 is 2.21 bits per heavy atom. The molecule has 0 aliphatic heterocycles. The number of sulfonamides is 1. The number of nitrogens with zero attached hydrogens (tertiary/aromatic N) is 1. The van der Waals surface area contributed by atoms with Gasteiger partial charge in [0.15, 0.2) is 0 Å². The number of anilines is 1. The number of rotatable bonds is 7. The Morgan fingerprint density at radius 2 is 1.74 bits per heavy atom. The fourth-order valence-corrected chi connectivity index (χ4v) is 3.34. The first-order valence-electron chi connectivity index (χ1n) is 6.69. The number of para-hydroxylation sites is 1. The molecule has 0 aliphatic carbocycles. The molecule has 0 aliphatic rings. The van der Waals surface area contributed by atoms with Crippen LogP contribution in [0.4, 0.5) is 5.69 Å². The minimum absolute atomic E-state index is 0.282. The van der Waals surface area contributed by atoms with Gasteiger partial charge in [-0.3, -0.25) is 4.31 Å². The number of nitrogens with one attached hydrogen (secondary N) is 1. The van der Waals surface area contributed by atoms with Crippen LogP contribution >= 0.6 is 0 Å². The van der Waals surface area contributed by atoms with E-state index >= 15 is 0 Å². The smallest absolute Gasteiger partial charge is 0.239 e. The van der Waals surface area contributed by atoms with Crippen LogP contribution in [0.25, 0.3) is 0 Å². The molecule has 5 heteroatoms. The van der Waals surface area contributed by atoms with Crippen LogP contribution < -0.4 is 9.62 Å². The van der Waals surface area contributed by atoms with Gasteiger partial charge in [-0.25, -0.2) is 8.42 Å². The van der Waals surface area contributed by atoms with Crippen molar-refractivity contribution < 1.29 is 8.42 Å². The molecule has 0 heterocycles. The number of hydrogen-bond acceptors (Lipinski definition) is 3. The van der Waals surface area contributed by atoms with Gasteiger partial charge in [0.1, 0.15) is 0 Å². The third-order valence-electron chi connectivity index (χ3n) is 2.96. The SMILES string of the molecule is CCN(c1ccccc1)S(=O)(=O)C(C)CNC(C)C. The third kappa shape index (κ3) is 4.21. The van der Waals surface area contributed by atoms with Gasteiger partial charge in [-0.05, 0) is 26.0 Å². The van der Waals surface area contributed by atoms with E-state index in [1.54, 1.807) is 6.92 Å². The molecule has 1 unspecified atom stereocenters. The molecular formula is C14H24N2O2S. The first-order valence-corrected chi connectivity index (χ1v) is 8.19. The predicted molar refractivity (Wildman–Crippen MR) is 81.0 cm³/mol. The summed E-state index contributed by atoms with van der Waals surface area (Å²) in [5, 5.41) is 2.73. The minimum Gasteiger partial charge on any atom is -0.313 e. The summed E-state index contributed by atoms with van der Waals surface area (Å²) in [6.07, 6.45) is 0. The quantitative estimate of drug-likeness (QED) is 0.835. The van der Waals surface area contributed by atoms with E-state index in [0.29, 0.717) is 13.1 Å². The largest absolute Gasteiger partial charge is 0.313 e. The van der Waals surface area contributed by atoms with Gasteiger partial charge in [-0.2, -0.15) is 0 Å². The Hall–Kier alpha value is -1.07. The lowest BCUT2D eigenvalue weighted by Crippen LogP contribution is -2.43. The van der Waals surface area contributed by atoms with E-state index < -0.39 is 15.3 Å². The lowest BCUT2D eigenvalue weighted by Gasteiger charge is -2.27. The predicted octanol–water partition coefficient (Wildman–Crippen LogP) is 2.23. The van der Waals surface area contributed by atoms with Crippen LogP contribution in [0.2, 0.25) is 0 Å². The monoisotopic (exact) mass is 284 g/mol.